The fraction of sp³-hybridized carbons (Fsp3) is 0.667. The van der Waals surface area contributed by atoms with Crippen LogP contribution in [0, 0.1) is 6.92 Å². The summed E-state index contributed by atoms with van der Waals surface area (Å²) >= 11 is 3.12. The molecule has 2 rings (SSSR count). The van der Waals surface area contributed by atoms with Crippen molar-refractivity contribution in [2.24, 2.45) is 0 Å². The number of carbonyl (C=O) groups excluding carboxylic acids is 1. The SMILES string of the molecule is Cc1csc(SCC(=O)N2CC(C)OC(C)C2)n1. The lowest BCUT2D eigenvalue weighted by atomic mass is 10.2. The molecule has 1 aliphatic rings. The zero-order chi connectivity index (χ0) is 13.1. The summed E-state index contributed by atoms with van der Waals surface area (Å²) in [5.74, 6) is 0.640. The van der Waals surface area contributed by atoms with Crippen molar-refractivity contribution < 1.29 is 9.53 Å². The summed E-state index contributed by atoms with van der Waals surface area (Å²) in [6.07, 6.45) is 0.259. The van der Waals surface area contributed by atoms with Crippen LogP contribution in [-0.2, 0) is 9.53 Å². The molecule has 2 heterocycles. The van der Waals surface area contributed by atoms with E-state index in [0.717, 1.165) is 10.0 Å². The van der Waals surface area contributed by atoms with Crippen LogP contribution in [0.3, 0.4) is 0 Å². The number of aryl methyl sites for hydroxylation is 1. The first kappa shape index (κ1) is 13.8. The van der Waals surface area contributed by atoms with Crippen molar-refractivity contribution in [3.8, 4) is 0 Å². The molecule has 1 amide bonds. The van der Waals surface area contributed by atoms with Gasteiger partial charge in [-0.3, -0.25) is 4.79 Å². The maximum atomic E-state index is 12.1. The van der Waals surface area contributed by atoms with Crippen molar-refractivity contribution in [3.05, 3.63) is 11.1 Å². The Morgan fingerprint density at radius 3 is 2.78 bits per heavy atom. The number of ether oxygens (including phenoxy) is 1. The smallest absolute Gasteiger partial charge is 0.233 e. The van der Waals surface area contributed by atoms with Gasteiger partial charge in [-0.1, -0.05) is 11.8 Å². The highest BCUT2D eigenvalue weighted by Gasteiger charge is 2.25. The minimum absolute atomic E-state index is 0.129. The van der Waals surface area contributed by atoms with Gasteiger partial charge in [-0.15, -0.1) is 11.3 Å². The number of thioether (sulfide) groups is 1. The topological polar surface area (TPSA) is 42.4 Å². The molecule has 0 aromatic carbocycles. The summed E-state index contributed by atoms with van der Waals surface area (Å²) in [6.45, 7) is 7.37. The number of aromatic nitrogens is 1. The first-order chi connectivity index (χ1) is 8.54. The Kier molecular flexibility index (Phi) is 4.64. The zero-order valence-electron chi connectivity index (χ0n) is 10.9. The third kappa shape index (κ3) is 3.70. The maximum absolute atomic E-state index is 12.1. The van der Waals surface area contributed by atoms with Crippen molar-refractivity contribution in [2.75, 3.05) is 18.8 Å². The van der Waals surface area contributed by atoms with Crippen molar-refractivity contribution in [2.45, 2.75) is 37.3 Å². The van der Waals surface area contributed by atoms with Crippen LogP contribution in [0.4, 0.5) is 0 Å². The molecule has 6 heteroatoms. The first-order valence-corrected chi connectivity index (χ1v) is 7.89. The summed E-state index contributed by atoms with van der Waals surface area (Å²) < 4.78 is 6.59. The summed E-state index contributed by atoms with van der Waals surface area (Å²) in [4.78, 5) is 18.3. The third-order valence-electron chi connectivity index (χ3n) is 2.69. The molecule has 0 N–H and O–H groups in total. The largest absolute Gasteiger partial charge is 0.372 e. The van der Waals surface area contributed by atoms with Gasteiger partial charge in [-0.05, 0) is 20.8 Å². The van der Waals surface area contributed by atoms with E-state index in [9.17, 15) is 4.79 Å². The van der Waals surface area contributed by atoms with Crippen LogP contribution in [0.2, 0.25) is 0 Å². The van der Waals surface area contributed by atoms with Crippen LogP contribution in [-0.4, -0.2) is 46.8 Å². The van der Waals surface area contributed by atoms with E-state index in [0.29, 0.717) is 18.8 Å². The molecule has 4 nitrogen and oxygen atoms in total. The molecule has 0 bridgehead atoms. The molecular weight excluding hydrogens is 268 g/mol. The Hall–Kier alpha value is -0.590. The van der Waals surface area contributed by atoms with Crippen molar-refractivity contribution in [1.29, 1.82) is 0 Å². The quantitative estimate of drug-likeness (QED) is 0.799. The fourth-order valence-corrected chi connectivity index (χ4v) is 3.75. The Bertz CT molecular complexity index is 412. The molecule has 100 valence electrons. The molecule has 0 spiro atoms. The second kappa shape index (κ2) is 6.04. The number of nitrogens with zero attached hydrogens (tertiary/aromatic N) is 2. The maximum Gasteiger partial charge on any atom is 0.233 e. The molecule has 1 saturated heterocycles. The predicted octanol–water partition coefficient (Wildman–Crippen LogP) is 2.18. The lowest BCUT2D eigenvalue weighted by Gasteiger charge is -2.35. The summed E-state index contributed by atoms with van der Waals surface area (Å²) in [6, 6.07) is 0. The Labute approximate surface area is 116 Å². The highest BCUT2D eigenvalue weighted by atomic mass is 32.2. The number of hydrogen-bond acceptors (Lipinski definition) is 5. The molecule has 1 aromatic rings. The van der Waals surface area contributed by atoms with Gasteiger partial charge in [-0.25, -0.2) is 4.98 Å². The van der Waals surface area contributed by atoms with Gasteiger partial charge < -0.3 is 9.64 Å². The van der Waals surface area contributed by atoms with Crippen LogP contribution < -0.4 is 0 Å². The van der Waals surface area contributed by atoms with Crippen LogP contribution >= 0.6 is 23.1 Å². The van der Waals surface area contributed by atoms with Crippen LogP contribution in [0.1, 0.15) is 19.5 Å². The summed E-state index contributed by atoms with van der Waals surface area (Å²) in [7, 11) is 0. The van der Waals surface area contributed by atoms with E-state index in [1.54, 1.807) is 11.3 Å². The average molecular weight is 286 g/mol. The van der Waals surface area contributed by atoms with Gasteiger partial charge in [0.2, 0.25) is 5.91 Å². The normalized spacial score (nSPS) is 24.3. The number of carbonyl (C=O) groups is 1. The monoisotopic (exact) mass is 286 g/mol. The highest BCUT2D eigenvalue weighted by molar-refractivity contribution is 8.01. The number of amides is 1. The van der Waals surface area contributed by atoms with Gasteiger partial charge in [0.25, 0.3) is 0 Å². The molecule has 0 aliphatic carbocycles. The second-order valence-electron chi connectivity index (χ2n) is 4.60. The standard InChI is InChI=1S/C12H18N2O2S2/c1-8-6-17-12(13-8)18-7-11(15)14-4-9(2)16-10(3)5-14/h6,9-10H,4-5,7H2,1-3H3. The molecule has 0 radical (unpaired) electrons. The van der Waals surface area contributed by atoms with E-state index >= 15 is 0 Å². The number of hydrogen-bond donors (Lipinski definition) is 0. The average Bonchev–Trinajstić information content (AvgIpc) is 2.70. The van der Waals surface area contributed by atoms with Gasteiger partial charge in [0.15, 0.2) is 4.34 Å². The Balaban J connectivity index is 1.84. The molecule has 2 unspecified atom stereocenters. The molecular formula is C12H18N2O2S2. The minimum Gasteiger partial charge on any atom is -0.372 e. The molecule has 1 fully saturated rings. The second-order valence-corrected chi connectivity index (χ2v) is 6.68. The first-order valence-electron chi connectivity index (χ1n) is 6.02. The predicted molar refractivity (Wildman–Crippen MR) is 74.2 cm³/mol. The van der Waals surface area contributed by atoms with E-state index in [4.69, 9.17) is 4.74 Å². The number of thiazole rings is 1. The van der Waals surface area contributed by atoms with E-state index in [1.165, 1.54) is 11.8 Å². The van der Waals surface area contributed by atoms with Gasteiger partial charge >= 0.3 is 0 Å². The highest BCUT2D eigenvalue weighted by Crippen LogP contribution is 2.23. The third-order valence-corrected chi connectivity index (χ3v) is 4.81. The number of morpholine rings is 1. The van der Waals surface area contributed by atoms with E-state index in [-0.39, 0.29) is 18.1 Å². The Morgan fingerprint density at radius 1 is 1.56 bits per heavy atom. The van der Waals surface area contributed by atoms with Crippen LogP contribution in [0.5, 0.6) is 0 Å². The van der Waals surface area contributed by atoms with Gasteiger partial charge in [-0.2, -0.15) is 0 Å². The molecule has 1 aliphatic heterocycles. The lowest BCUT2D eigenvalue weighted by molar-refractivity contribution is -0.140. The fourth-order valence-electron chi connectivity index (χ4n) is 1.99. The number of rotatable bonds is 3. The van der Waals surface area contributed by atoms with E-state index in [2.05, 4.69) is 4.98 Å². The molecule has 0 saturated carbocycles. The molecule has 2 atom stereocenters. The van der Waals surface area contributed by atoms with Gasteiger partial charge in [0, 0.05) is 24.2 Å². The van der Waals surface area contributed by atoms with Crippen molar-refractivity contribution in [3.63, 3.8) is 0 Å². The van der Waals surface area contributed by atoms with E-state index < -0.39 is 0 Å². The van der Waals surface area contributed by atoms with Crippen molar-refractivity contribution >= 4 is 29.0 Å². The van der Waals surface area contributed by atoms with E-state index in [1.807, 2.05) is 31.1 Å². The lowest BCUT2D eigenvalue weighted by Crippen LogP contribution is -2.48. The molecule has 18 heavy (non-hydrogen) atoms. The van der Waals surface area contributed by atoms with Crippen LogP contribution in [0.15, 0.2) is 9.72 Å². The Morgan fingerprint density at radius 2 is 2.22 bits per heavy atom. The van der Waals surface area contributed by atoms with Crippen molar-refractivity contribution in [1.82, 2.24) is 9.88 Å². The van der Waals surface area contributed by atoms with Crippen LogP contribution in [0.25, 0.3) is 0 Å². The van der Waals surface area contributed by atoms with Gasteiger partial charge in [0.1, 0.15) is 0 Å². The molecule has 1 aromatic heterocycles. The summed E-state index contributed by atoms with van der Waals surface area (Å²) in [5, 5.41) is 2.01. The minimum atomic E-state index is 0.129. The zero-order valence-corrected chi connectivity index (χ0v) is 12.5. The summed E-state index contributed by atoms with van der Waals surface area (Å²) in [5.41, 5.74) is 1.02. The van der Waals surface area contributed by atoms with Gasteiger partial charge in [0.05, 0.1) is 18.0 Å².